The van der Waals surface area contributed by atoms with Crippen molar-refractivity contribution >= 4 is 54.8 Å². The van der Waals surface area contributed by atoms with Gasteiger partial charge in [0, 0.05) is 60.0 Å². The lowest BCUT2D eigenvalue weighted by Crippen LogP contribution is -2.31. The molecule has 324 valence electrons. The highest BCUT2D eigenvalue weighted by Crippen LogP contribution is 2.35. The monoisotopic (exact) mass is 870 g/mol. The Kier molecular flexibility index (Phi) is 13.1. The van der Waals surface area contributed by atoms with Gasteiger partial charge in [-0.2, -0.15) is 0 Å². The molecule has 15 nitrogen and oxygen atoms in total. The number of methoxy groups -OCH3 is 1. The molecule has 0 unspecified atom stereocenters. The smallest absolute Gasteiger partial charge is 0.253 e. The van der Waals surface area contributed by atoms with Gasteiger partial charge < -0.3 is 45.9 Å². The molecular weight excluding hydrogens is 825 g/mol. The van der Waals surface area contributed by atoms with E-state index in [0.29, 0.717) is 63.1 Å². The lowest BCUT2D eigenvalue weighted by molar-refractivity contribution is 0.0773. The van der Waals surface area contributed by atoms with Gasteiger partial charge in [-0.1, -0.05) is 24.3 Å². The highest BCUT2D eigenvalue weighted by atomic mass is 32.2. The molecule has 0 bridgehead atoms. The second-order valence-corrected chi connectivity index (χ2v) is 16.9. The summed E-state index contributed by atoms with van der Waals surface area (Å²) in [6, 6.07) is 29.2. The number of pyridine rings is 2. The predicted molar refractivity (Wildman–Crippen MR) is 240 cm³/mol. The van der Waals surface area contributed by atoms with E-state index in [0.717, 1.165) is 5.56 Å². The number of aromatic amines is 1. The number of sulfone groups is 1. The number of amides is 2. The number of carbonyl (C=O) groups excluding carboxylic acids is 2. The van der Waals surface area contributed by atoms with Crippen molar-refractivity contribution in [3.8, 4) is 17.2 Å². The van der Waals surface area contributed by atoms with Crippen molar-refractivity contribution in [3.05, 3.63) is 154 Å². The van der Waals surface area contributed by atoms with Crippen LogP contribution in [0.4, 0.5) is 11.4 Å². The number of aryl methyl sites for hydroxylation is 1. The first-order valence-corrected chi connectivity index (χ1v) is 21.4. The fourth-order valence-electron chi connectivity index (χ4n) is 7.22. The average Bonchev–Trinajstić information content (AvgIpc) is 3.27. The fraction of sp³-hybridized carbons (Fsp3) is 0.191. The maximum atomic E-state index is 14.2. The van der Waals surface area contributed by atoms with Gasteiger partial charge in [0.15, 0.2) is 0 Å². The van der Waals surface area contributed by atoms with Gasteiger partial charge in [0.1, 0.15) is 23.9 Å². The standard InChI is InChI=1S/C47H46N6O9S/c1-28-20-36(25-39-44(28)50-26-40(46(48)57)45(39)51-31-7-5-8-34(22-31)61-3)63(59,60)35-9-4-6-30(21-35)47(58)53(2)18-19-62-33-12-10-29(11-13-33)16-17-49-27-42(55)38-23-32(54)24-41-37(38)14-15-43(56)52-41/h4-15,20-26,42,49,54-55H,16-19,27H2,1-3H3,(H2,48,57)(H,50,51)(H,52,56)/t42-/m0/s1. The van der Waals surface area contributed by atoms with E-state index in [2.05, 4.69) is 20.6 Å². The quantitative estimate of drug-likeness (QED) is 0.0598. The number of phenols is 1. The first-order valence-electron chi connectivity index (χ1n) is 19.9. The van der Waals surface area contributed by atoms with Gasteiger partial charge >= 0.3 is 0 Å². The highest BCUT2D eigenvalue weighted by Gasteiger charge is 2.24. The third-order valence-electron chi connectivity index (χ3n) is 10.6. The number of aromatic nitrogens is 2. The topological polar surface area (TPSA) is 226 Å². The van der Waals surface area contributed by atoms with E-state index in [1.54, 1.807) is 50.4 Å². The van der Waals surface area contributed by atoms with E-state index < -0.39 is 27.8 Å². The van der Waals surface area contributed by atoms with Gasteiger partial charge in [-0.05, 0) is 103 Å². The van der Waals surface area contributed by atoms with Crippen molar-refractivity contribution in [3.63, 3.8) is 0 Å². The van der Waals surface area contributed by atoms with Crippen molar-refractivity contribution in [1.82, 2.24) is 20.2 Å². The van der Waals surface area contributed by atoms with E-state index in [4.69, 9.17) is 15.2 Å². The number of primary amides is 1. The second kappa shape index (κ2) is 18.8. The number of nitrogens with two attached hydrogens (primary N) is 1. The van der Waals surface area contributed by atoms with Gasteiger partial charge in [-0.25, -0.2) is 8.42 Å². The maximum absolute atomic E-state index is 14.2. The zero-order valence-electron chi connectivity index (χ0n) is 34.7. The Bertz CT molecular complexity index is 3010. The number of aliphatic hydroxyl groups excluding tert-OH is 1. The van der Waals surface area contributed by atoms with E-state index in [1.165, 1.54) is 66.7 Å². The molecule has 0 aliphatic rings. The minimum atomic E-state index is -4.18. The van der Waals surface area contributed by atoms with Crippen LogP contribution in [0.3, 0.4) is 0 Å². The van der Waals surface area contributed by atoms with Gasteiger partial charge in [0.05, 0.1) is 51.8 Å². The number of H-pyrrole nitrogens is 1. The molecule has 0 aliphatic carbocycles. The number of phenolic OH excluding ortho intramolecular Hbond substituents is 1. The molecule has 1 atom stereocenters. The number of aliphatic hydroxyl groups is 1. The largest absolute Gasteiger partial charge is 0.508 e. The van der Waals surface area contributed by atoms with E-state index >= 15 is 0 Å². The van der Waals surface area contributed by atoms with Crippen molar-refractivity contribution in [2.24, 2.45) is 5.73 Å². The first kappa shape index (κ1) is 43.8. The van der Waals surface area contributed by atoms with Gasteiger partial charge in [0.2, 0.25) is 15.4 Å². The number of carbonyl (C=O) groups is 2. The molecule has 0 saturated carbocycles. The van der Waals surface area contributed by atoms with E-state index in [-0.39, 0.29) is 57.6 Å². The van der Waals surface area contributed by atoms with Crippen molar-refractivity contribution in [2.45, 2.75) is 29.2 Å². The van der Waals surface area contributed by atoms with E-state index in [9.17, 15) is 33.0 Å². The van der Waals surface area contributed by atoms with Crippen molar-refractivity contribution in [1.29, 1.82) is 0 Å². The number of ether oxygens (including phenoxy) is 2. The molecular formula is C47H46N6O9S. The van der Waals surface area contributed by atoms with Crippen LogP contribution in [-0.2, 0) is 16.3 Å². The van der Waals surface area contributed by atoms with Crippen LogP contribution >= 0.6 is 0 Å². The van der Waals surface area contributed by atoms with Crippen LogP contribution in [0.5, 0.6) is 17.2 Å². The van der Waals surface area contributed by atoms with E-state index in [1.807, 2.05) is 24.3 Å². The van der Waals surface area contributed by atoms with Crippen molar-refractivity contribution in [2.75, 3.05) is 45.7 Å². The van der Waals surface area contributed by atoms with Gasteiger partial charge in [-0.3, -0.25) is 19.4 Å². The lowest BCUT2D eigenvalue weighted by atomic mass is 10.0. The molecule has 16 heteroatoms. The summed E-state index contributed by atoms with van der Waals surface area (Å²) < 4.78 is 39.6. The Morgan fingerprint density at radius 2 is 1.70 bits per heavy atom. The zero-order chi connectivity index (χ0) is 44.8. The van der Waals surface area contributed by atoms with Crippen LogP contribution in [0, 0.1) is 6.92 Å². The number of nitrogens with one attached hydrogen (secondary N) is 3. The maximum Gasteiger partial charge on any atom is 0.253 e. The number of anilines is 2. The fourth-order valence-corrected chi connectivity index (χ4v) is 8.63. The lowest BCUT2D eigenvalue weighted by Gasteiger charge is -2.18. The molecule has 2 aromatic heterocycles. The number of aromatic hydroxyl groups is 1. The molecule has 0 saturated heterocycles. The molecule has 0 fully saturated rings. The molecule has 0 radical (unpaired) electrons. The minimum absolute atomic E-state index is 0.0525. The molecule has 7 aromatic rings. The van der Waals surface area contributed by atoms with Crippen LogP contribution in [0.2, 0.25) is 0 Å². The Morgan fingerprint density at radius 1 is 0.921 bits per heavy atom. The minimum Gasteiger partial charge on any atom is -0.508 e. The second-order valence-electron chi connectivity index (χ2n) is 14.9. The number of nitrogens with zero attached hydrogens (tertiary/aromatic N) is 2. The highest BCUT2D eigenvalue weighted by molar-refractivity contribution is 7.91. The Morgan fingerprint density at radius 3 is 2.46 bits per heavy atom. The van der Waals surface area contributed by atoms with Crippen molar-refractivity contribution < 1.29 is 37.7 Å². The molecule has 7 rings (SSSR count). The Labute approximate surface area is 363 Å². The number of fused-ring (bicyclic) bond motifs is 2. The third kappa shape index (κ3) is 9.94. The first-order chi connectivity index (χ1) is 30.2. The summed E-state index contributed by atoms with van der Waals surface area (Å²) in [5.74, 6) is -0.0271. The molecule has 0 aliphatic heterocycles. The molecule has 2 amide bonds. The van der Waals surface area contributed by atoms with Crippen LogP contribution in [0.15, 0.2) is 130 Å². The number of rotatable bonds is 17. The summed E-state index contributed by atoms with van der Waals surface area (Å²) >= 11 is 0. The van der Waals surface area contributed by atoms with Crippen LogP contribution in [0.25, 0.3) is 21.8 Å². The summed E-state index contributed by atoms with van der Waals surface area (Å²) in [5.41, 5.74) is 9.53. The van der Waals surface area contributed by atoms with Gasteiger partial charge in [0.25, 0.3) is 11.8 Å². The Hall–Kier alpha value is -7.27. The summed E-state index contributed by atoms with van der Waals surface area (Å²) in [4.78, 5) is 46.2. The summed E-state index contributed by atoms with van der Waals surface area (Å²) in [6.45, 7) is 2.93. The molecule has 63 heavy (non-hydrogen) atoms. The average molecular weight is 871 g/mol. The predicted octanol–water partition coefficient (Wildman–Crippen LogP) is 5.79. The molecule has 5 aromatic carbocycles. The number of hydrogen-bond acceptors (Lipinski definition) is 12. The number of benzene rings is 5. The van der Waals surface area contributed by atoms with Crippen LogP contribution in [-0.4, -0.2) is 85.7 Å². The molecule has 7 N–H and O–H groups in total. The summed E-state index contributed by atoms with van der Waals surface area (Å²) in [5, 5.41) is 28.4. The SMILES string of the molecule is COc1cccc(Nc2c(C(N)=O)cnc3c(C)cc(S(=O)(=O)c4cccc(C(=O)N(C)CCOc5ccc(CCNC[C@H](O)c6cc(O)cc7[nH]c(=O)ccc67)cc5)c4)cc23)c1. The van der Waals surface area contributed by atoms with Crippen LogP contribution < -0.4 is 31.4 Å². The Balaban J connectivity index is 0.957. The van der Waals surface area contributed by atoms with Gasteiger partial charge in [-0.15, -0.1) is 0 Å². The summed E-state index contributed by atoms with van der Waals surface area (Å²) in [6.07, 6.45) is 1.11. The number of hydrogen-bond donors (Lipinski definition) is 6. The zero-order valence-corrected chi connectivity index (χ0v) is 35.5. The molecule has 0 spiro atoms. The normalized spacial score (nSPS) is 11.9. The number of likely N-dealkylation sites (N-methyl/N-ethyl adjacent to an activating group) is 1. The van der Waals surface area contributed by atoms with Crippen LogP contribution in [0.1, 0.15) is 43.5 Å². The summed E-state index contributed by atoms with van der Waals surface area (Å²) in [7, 11) is -1.04. The third-order valence-corrected chi connectivity index (χ3v) is 12.3. The molecule has 2 heterocycles.